The molecule has 1 aliphatic heterocycles. The Kier molecular flexibility index (Phi) is 3.92. The first-order valence-corrected chi connectivity index (χ1v) is 10.8. The van der Waals surface area contributed by atoms with Gasteiger partial charge in [0.05, 0.1) is 11.9 Å². The number of piperidine rings is 1. The lowest BCUT2D eigenvalue weighted by Gasteiger charge is -2.31. The third-order valence-electron chi connectivity index (χ3n) is 6.00. The third-order valence-corrected chi connectivity index (χ3v) is 8.04. The number of sulfonamides is 1. The molecule has 2 fully saturated rings. The molecule has 5 rings (SSSR count). The molecule has 0 unspecified atom stereocenters. The molecule has 146 valence electrons. The number of fused-ring (bicyclic) bond motifs is 2. The molecule has 1 saturated heterocycles. The lowest BCUT2D eigenvalue weighted by molar-refractivity contribution is 0.197. The maximum atomic E-state index is 13.5. The minimum absolute atomic E-state index is 0.0355. The predicted molar refractivity (Wildman–Crippen MR) is 101 cm³/mol. The van der Waals surface area contributed by atoms with E-state index < -0.39 is 16.1 Å². The monoisotopic (exact) mass is 399 g/mol. The van der Waals surface area contributed by atoms with Crippen molar-refractivity contribution in [2.24, 2.45) is 13.0 Å². The molecule has 2 aromatic heterocycles. The van der Waals surface area contributed by atoms with Crippen LogP contribution in [0.5, 0.6) is 0 Å². The molecule has 3 aromatic rings. The highest BCUT2D eigenvalue weighted by molar-refractivity contribution is 7.89. The Hall–Kier alpha value is -2.52. The topological polar surface area (TPSA) is 94.1 Å². The summed E-state index contributed by atoms with van der Waals surface area (Å²) in [6.07, 6.45) is 4.08. The molecule has 1 aliphatic carbocycles. The normalized spacial score (nSPS) is 24.9. The molecule has 2 aliphatic rings. The van der Waals surface area contributed by atoms with Gasteiger partial charge in [0.25, 0.3) is 0 Å². The summed E-state index contributed by atoms with van der Waals surface area (Å²) in [5, 5.41) is 8.22. The highest BCUT2D eigenvalue weighted by atomic mass is 32.2. The van der Waals surface area contributed by atoms with Gasteiger partial charge >= 0.3 is 0 Å². The van der Waals surface area contributed by atoms with Gasteiger partial charge in [0.1, 0.15) is 10.9 Å². The lowest BCUT2D eigenvalue weighted by Crippen LogP contribution is -2.40. The summed E-state index contributed by atoms with van der Waals surface area (Å²) >= 11 is 0. The van der Waals surface area contributed by atoms with E-state index in [0.29, 0.717) is 17.4 Å². The van der Waals surface area contributed by atoms with Crippen molar-refractivity contribution in [3.63, 3.8) is 0 Å². The van der Waals surface area contributed by atoms with Crippen molar-refractivity contribution >= 4 is 10.0 Å². The molecule has 0 spiro atoms. The Labute approximate surface area is 163 Å². The van der Waals surface area contributed by atoms with E-state index in [1.54, 1.807) is 23.0 Å². The van der Waals surface area contributed by atoms with Crippen molar-refractivity contribution in [1.29, 1.82) is 0 Å². The second kappa shape index (κ2) is 6.25. The van der Waals surface area contributed by atoms with Gasteiger partial charge in [-0.2, -0.15) is 14.4 Å². The molecule has 9 heteroatoms. The Morgan fingerprint density at radius 2 is 1.96 bits per heavy atom. The van der Waals surface area contributed by atoms with Gasteiger partial charge in [-0.1, -0.05) is 35.5 Å². The summed E-state index contributed by atoms with van der Waals surface area (Å²) in [6, 6.07) is 9.09. The van der Waals surface area contributed by atoms with Gasteiger partial charge in [-0.15, -0.1) is 0 Å². The van der Waals surface area contributed by atoms with Crippen LogP contribution in [0.3, 0.4) is 0 Å². The molecule has 0 amide bonds. The van der Waals surface area contributed by atoms with Crippen molar-refractivity contribution < 1.29 is 12.9 Å². The van der Waals surface area contributed by atoms with Crippen LogP contribution in [0.2, 0.25) is 0 Å². The van der Waals surface area contributed by atoms with E-state index in [4.69, 9.17) is 4.52 Å². The quantitative estimate of drug-likeness (QED) is 0.669. The fourth-order valence-electron chi connectivity index (χ4n) is 4.51. The summed E-state index contributed by atoms with van der Waals surface area (Å²) in [6.45, 7) is 1.77. The van der Waals surface area contributed by atoms with Crippen LogP contribution in [0, 0.1) is 12.8 Å². The zero-order valence-corrected chi connectivity index (χ0v) is 16.5. The van der Waals surface area contributed by atoms with Crippen LogP contribution in [0.1, 0.15) is 36.9 Å². The summed E-state index contributed by atoms with van der Waals surface area (Å²) in [4.78, 5) is 4.81. The van der Waals surface area contributed by atoms with Gasteiger partial charge in [-0.3, -0.25) is 4.68 Å². The fourth-order valence-corrected chi connectivity index (χ4v) is 6.56. The number of benzene rings is 1. The molecule has 28 heavy (non-hydrogen) atoms. The molecule has 3 heterocycles. The van der Waals surface area contributed by atoms with Crippen LogP contribution < -0.4 is 0 Å². The Balaban J connectivity index is 1.56. The van der Waals surface area contributed by atoms with Crippen LogP contribution in [0.15, 0.2) is 45.9 Å². The van der Waals surface area contributed by atoms with Crippen molar-refractivity contribution in [2.75, 3.05) is 0 Å². The third kappa shape index (κ3) is 2.53. The molecular weight excluding hydrogens is 378 g/mol. The first-order valence-electron chi connectivity index (χ1n) is 9.38. The second-order valence-electron chi connectivity index (χ2n) is 7.55. The second-order valence-corrected chi connectivity index (χ2v) is 9.36. The van der Waals surface area contributed by atoms with Crippen LogP contribution in [-0.2, 0) is 17.1 Å². The van der Waals surface area contributed by atoms with E-state index in [-0.39, 0.29) is 16.9 Å². The van der Waals surface area contributed by atoms with Gasteiger partial charge in [-0.25, -0.2) is 8.42 Å². The molecule has 1 saturated carbocycles. The van der Waals surface area contributed by atoms with Gasteiger partial charge in [0, 0.05) is 18.7 Å². The molecule has 3 atom stereocenters. The van der Waals surface area contributed by atoms with Crippen LogP contribution in [0.4, 0.5) is 0 Å². The van der Waals surface area contributed by atoms with Crippen molar-refractivity contribution in [1.82, 2.24) is 24.2 Å². The average molecular weight is 399 g/mol. The molecule has 0 N–H and O–H groups in total. The number of rotatable bonds is 4. The predicted octanol–water partition coefficient (Wildman–Crippen LogP) is 2.69. The van der Waals surface area contributed by atoms with Gasteiger partial charge in [-0.05, 0) is 32.1 Å². The molecule has 8 nitrogen and oxygen atoms in total. The number of aromatic nitrogens is 4. The first-order chi connectivity index (χ1) is 13.5. The van der Waals surface area contributed by atoms with Gasteiger partial charge < -0.3 is 4.52 Å². The van der Waals surface area contributed by atoms with E-state index in [1.165, 1.54) is 6.20 Å². The van der Waals surface area contributed by atoms with E-state index >= 15 is 0 Å². The maximum absolute atomic E-state index is 13.5. The Morgan fingerprint density at radius 3 is 2.68 bits per heavy atom. The van der Waals surface area contributed by atoms with Crippen molar-refractivity contribution in [3.05, 3.63) is 48.1 Å². The standard InChI is InChI=1S/C19H21N5O3S/c1-12-16(11-20-23(12)2)28(25,26)24-15-9-8-14(10-15)17(24)19-21-18(22-27-19)13-6-4-3-5-7-13/h3-7,11,14-15,17H,8-10H2,1-2H3/t14-,15+,17-/m0/s1. The Bertz CT molecular complexity index is 1120. The van der Waals surface area contributed by atoms with Crippen LogP contribution >= 0.6 is 0 Å². The maximum Gasteiger partial charge on any atom is 0.247 e. The molecule has 0 radical (unpaired) electrons. The van der Waals surface area contributed by atoms with Gasteiger partial charge in [0.15, 0.2) is 0 Å². The minimum atomic E-state index is -3.71. The Morgan fingerprint density at radius 1 is 1.18 bits per heavy atom. The molecular formula is C19H21N5O3S. The SMILES string of the molecule is Cc1c(S(=O)(=O)N2[C@@H]3CC[C@@H](C3)[C@H]2c2nc(-c3ccccc3)no2)cnn1C. The van der Waals surface area contributed by atoms with Crippen LogP contribution in [-0.4, -0.2) is 38.7 Å². The summed E-state index contributed by atoms with van der Waals surface area (Å²) in [7, 11) is -1.97. The first kappa shape index (κ1) is 17.6. The van der Waals surface area contributed by atoms with Crippen LogP contribution in [0.25, 0.3) is 11.4 Å². The number of nitrogens with zero attached hydrogens (tertiary/aromatic N) is 5. The zero-order chi connectivity index (χ0) is 19.5. The molecule has 2 bridgehead atoms. The number of hydrogen-bond acceptors (Lipinski definition) is 6. The van der Waals surface area contributed by atoms with Crippen molar-refractivity contribution in [2.45, 2.75) is 43.2 Å². The zero-order valence-electron chi connectivity index (χ0n) is 15.7. The minimum Gasteiger partial charge on any atom is -0.337 e. The summed E-state index contributed by atoms with van der Waals surface area (Å²) < 4.78 is 35.7. The van der Waals surface area contributed by atoms with E-state index in [9.17, 15) is 8.42 Å². The summed E-state index contributed by atoms with van der Waals surface area (Å²) in [5.41, 5.74) is 1.47. The van der Waals surface area contributed by atoms with Crippen molar-refractivity contribution in [3.8, 4) is 11.4 Å². The largest absolute Gasteiger partial charge is 0.337 e. The van der Waals surface area contributed by atoms with E-state index in [0.717, 1.165) is 24.8 Å². The highest BCUT2D eigenvalue weighted by Crippen LogP contribution is 2.52. The van der Waals surface area contributed by atoms with Gasteiger partial charge in [0.2, 0.25) is 21.7 Å². The summed E-state index contributed by atoms with van der Waals surface area (Å²) in [5.74, 6) is 1.05. The number of hydrogen-bond donors (Lipinski definition) is 0. The highest BCUT2D eigenvalue weighted by Gasteiger charge is 2.54. The lowest BCUT2D eigenvalue weighted by atomic mass is 10.00. The average Bonchev–Trinajstić information content (AvgIpc) is 3.46. The smallest absolute Gasteiger partial charge is 0.247 e. The fraction of sp³-hybridized carbons (Fsp3) is 0.421. The number of aryl methyl sites for hydroxylation is 1. The van der Waals surface area contributed by atoms with E-state index in [1.807, 2.05) is 30.3 Å². The van der Waals surface area contributed by atoms with E-state index in [2.05, 4.69) is 15.2 Å². The molecule has 1 aromatic carbocycles.